The Kier molecular flexibility index (Phi) is 5.66. The molecule has 1 rings (SSSR count). The summed E-state index contributed by atoms with van der Waals surface area (Å²) in [5.41, 5.74) is 0.581. The maximum absolute atomic E-state index is 11.6. The van der Waals surface area contributed by atoms with Gasteiger partial charge in [0, 0.05) is 24.6 Å². The van der Waals surface area contributed by atoms with Crippen LogP contribution >= 0.6 is 0 Å². The molecule has 0 saturated carbocycles. The first-order valence-corrected chi connectivity index (χ1v) is 5.80. The molecular weight excluding hydrogens is 250 g/mol. The van der Waals surface area contributed by atoms with Crippen molar-refractivity contribution in [3.8, 4) is 11.5 Å². The van der Waals surface area contributed by atoms with E-state index in [0.29, 0.717) is 23.6 Å². The molecule has 0 atom stereocenters. The van der Waals surface area contributed by atoms with Crippen molar-refractivity contribution in [2.45, 2.75) is 19.3 Å². The van der Waals surface area contributed by atoms with Gasteiger partial charge in [0.25, 0.3) is 0 Å². The van der Waals surface area contributed by atoms with Gasteiger partial charge in [-0.2, -0.15) is 0 Å². The molecule has 0 bridgehead atoms. The highest BCUT2D eigenvalue weighted by Gasteiger charge is 2.08. The fourth-order valence-corrected chi connectivity index (χ4v) is 1.54. The topological polar surface area (TPSA) is 84.9 Å². The monoisotopic (exact) mass is 267 g/mol. The number of benzene rings is 1. The zero-order valence-electron chi connectivity index (χ0n) is 10.9. The molecular formula is C13H17NO5. The molecule has 0 aromatic heterocycles. The van der Waals surface area contributed by atoms with E-state index in [1.807, 2.05) is 0 Å². The normalized spacial score (nSPS) is 9.79. The summed E-state index contributed by atoms with van der Waals surface area (Å²) < 4.78 is 10.2. The smallest absolute Gasteiger partial charge is 0.303 e. The zero-order chi connectivity index (χ0) is 14.3. The summed E-state index contributed by atoms with van der Waals surface area (Å²) in [4.78, 5) is 21.9. The minimum atomic E-state index is -0.904. The molecule has 0 aliphatic carbocycles. The number of hydrogen-bond donors (Lipinski definition) is 2. The van der Waals surface area contributed by atoms with Crippen LogP contribution in [0.3, 0.4) is 0 Å². The van der Waals surface area contributed by atoms with Crippen LogP contribution in [-0.4, -0.2) is 31.2 Å². The second-order valence-corrected chi connectivity index (χ2v) is 3.87. The van der Waals surface area contributed by atoms with Crippen LogP contribution in [0.25, 0.3) is 0 Å². The van der Waals surface area contributed by atoms with Crippen LogP contribution in [0.1, 0.15) is 19.3 Å². The number of carbonyl (C=O) groups excluding carboxylic acids is 1. The molecule has 1 amide bonds. The molecule has 6 heteroatoms. The average Bonchev–Trinajstić information content (AvgIpc) is 2.38. The predicted octanol–water partition coefficient (Wildman–Crippen LogP) is 1.90. The molecule has 2 N–H and O–H groups in total. The summed E-state index contributed by atoms with van der Waals surface area (Å²) in [5, 5.41) is 11.2. The van der Waals surface area contributed by atoms with E-state index in [9.17, 15) is 9.59 Å². The minimum Gasteiger partial charge on any atom is -0.493 e. The lowest BCUT2D eigenvalue weighted by molar-refractivity contribution is -0.137. The van der Waals surface area contributed by atoms with Crippen molar-refractivity contribution >= 4 is 17.6 Å². The van der Waals surface area contributed by atoms with E-state index in [1.165, 1.54) is 14.2 Å². The highest BCUT2D eigenvalue weighted by molar-refractivity contribution is 5.91. The molecule has 0 spiro atoms. The van der Waals surface area contributed by atoms with E-state index in [0.717, 1.165) is 0 Å². The van der Waals surface area contributed by atoms with E-state index in [-0.39, 0.29) is 18.7 Å². The quantitative estimate of drug-likeness (QED) is 0.788. The van der Waals surface area contributed by atoms with E-state index in [2.05, 4.69) is 5.32 Å². The van der Waals surface area contributed by atoms with Crippen LogP contribution in [-0.2, 0) is 9.59 Å². The summed E-state index contributed by atoms with van der Waals surface area (Å²) in [6, 6.07) is 5.02. The Bertz CT molecular complexity index is 458. The number of nitrogens with one attached hydrogen (secondary N) is 1. The lowest BCUT2D eigenvalue weighted by atomic mass is 10.2. The highest BCUT2D eigenvalue weighted by atomic mass is 16.5. The summed E-state index contributed by atoms with van der Waals surface area (Å²) in [6.07, 6.45) is 0.467. The Morgan fingerprint density at radius 2 is 1.84 bits per heavy atom. The summed E-state index contributed by atoms with van der Waals surface area (Å²) in [6.45, 7) is 0. The summed E-state index contributed by atoms with van der Waals surface area (Å²) in [5.74, 6) is -0.0374. The molecule has 0 aliphatic heterocycles. The molecule has 104 valence electrons. The van der Waals surface area contributed by atoms with E-state index >= 15 is 0 Å². The number of carbonyl (C=O) groups is 2. The van der Waals surface area contributed by atoms with Crippen LogP contribution in [0.15, 0.2) is 18.2 Å². The number of methoxy groups -OCH3 is 2. The van der Waals surface area contributed by atoms with Crippen molar-refractivity contribution in [1.82, 2.24) is 0 Å². The van der Waals surface area contributed by atoms with Gasteiger partial charge in [0.1, 0.15) is 0 Å². The van der Waals surface area contributed by atoms with E-state index in [4.69, 9.17) is 14.6 Å². The van der Waals surface area contributed by atoms with Gasteiger partial charge in [0.2, 0.25) is 5.91 Å². The standard InChI is InChI=1S/C13H17NO5/c1-18-10-7-6-9(8-11(10)19-2)14-12(15)4-3-5-13(16)17/h6-8H,3-5H2,1-2H3,(H,14,15)(H,16,17). The minimum absolute atomic E-state index is 0.0145. The fourth-order valence-electron chi connectivity index (χ4n) is 1.54. The van der Waals surface area contributed by atoms with Gasteiger partial charge in [-0.15, -0.1) is 0 Å². The number of rotatable bonds is 7. The number of carboxylic acids is 1. The van der Waals surface area contributed by atoms with Gasteiger partial charge in [-0.3, -0.25) is 9.59 Å². The fraction of sp³-hybridized carbons (Fsp3) is 0.385. The second-order valence-electron chi connectivity index (χ2n) is 3.87. The number of aliphatic carboxylic acids is 1. The first-order chi connectivity index (χ1) is 9.06. The molecule has 1 aromatic carbocycles. The van der Waals surface area contributed by atoms with E-state index in [1.54, 1.807) is 18.2 Å². The third kappa shape index (κ3) is 4.87. The lowest BCUT2D eigenvalue weighted by Crippen LogP contribution is -2.12. The Labute approximate surface area is 111 Å². The molecule has 1 aromatic rings. The van der Waals surface area contributed by atoms with Crippen molar-refractivity contribution in [2.75, 3.05) is 19.5 Å². The van der Waals surface area contributed by atoms with Gasteiger partial charge >= 0.3 is 5.97 Å². The Morgan fingerprint density at radius 1 is 1.16 bits per heavy atom. The van der Waals surface area contributed by atoms with Crippen LogP contribution in [0.2, 0.25) is 0 Å². The molecule has 0 unspecified atom stereocenters. The van der Waals surface area contributed by atoms with Crippen molar-refractivity contribution in [1.29, 1.82) is 0 Å². The number of carboxylic acid groups (broad SMARTS) is 1. The maximum Gasteiger partial charge on any atom is 0.303 e. The maximum atomic E-state index is 11.6. The van der Waals surface area contributed by atoms with Crippen LogP contribution in [0, 0.1) is 0 Å². The molecule has 0 heterocycles. The molecule has 19 heavy (non-hydrogen) atoms. The average molecular weight is 267 g/mol. The summed E-state index contributed by atoms with van der Waals surface area (Å²) >= 11 is 0. The van der Waals surface area contributed by atoms with Crippen molar-refractivity contribution in [2.24, 2.45) is 0 Å². The lowest BCUT2D eigenvalue weighted by Gasteiger charge is -2.10. The van der Waals surface area contributed by atoms with Gasteiger partial charge in [-0.05, 0) is 18.6 Å². The molecule has 0 radical (unpaired) electrons. The van der Waals surface area contributed by atoms with Gasteiger partial charge in [-0.25, -0.2) is 0 Å². The largest absolute Gasteiger partial charge is 0.493 e. The summed E-state index contributed by atoms with van der Waals surface area (Å²) in [7, 11) is 3.04. The van der Waals surface area contributed by atoms with Gasteiger partial charge in [0.05, 0.1) is 14.2 Å². The first kappa shape index (κ1) is 14.8. The van der Waals surface area contributed by atoms with Gasteiger partial charge in [-0.1, -0.05) is 0 Å². The van der Waals surface area contributed by atoms with E-state index < -0.39 is 5.97 Å². The third-order valence-electron chi connectivity index (χ3n) is 2.46. The molecule has 0 aliphatic rings. The number of amides is 1. The Balaban J connectivity index is 2.57. The van der Waals surface area contributed by atoms with Gasteiger partial charge in [0.15, 0.2) is 11.5 Å². The van der Waals surface area contributed by atoms with Crippen LogP contribution in [0.5, 0.6) is 11.5 Å². The predicted molar refractivity (Wildman–Crippen MR) is 69.7 cm³/mol. The number of anilines is 1. The SMILES string of the molecule is COc1ccc(NC(=O)CCCC(=O)O)cc1OC. The zero-order valence-corrected chi connectivity index (χ0v) is 10.9. The second kappa shape index (κ2) is 7.25. The van der Waals surface area contributed by atoms with Crippen molar-refractivity contribution in [3.05, 3.63) is 18.2 Å². The van der Waals surface area contributed by atoms with Crippen LogP contribution in [0.4, 0.5) is 5.69 Å². The first-order valence-electron chi connectivity index (χ1n) is 5.80. The Morgan fingerprint density at radius 3 is 2.42 bits per heavy atom. The Hall–Kier alpha value is -2.24. The van der Waals surface area contributed by atoms with Crippen molar-refractivity contribution < 1.29 is 24.2 Å². The highest BCUT2D eigenvalue weighted by Crippen LogP contribution is 2.29. The number of ether oxygens (including phenoxy) is 2. The molecule has 6 nitrogen and oxygen atoms in total. The molecule has 0 fully saturated rings. The van der Waals surface area contributed by atoms with Gasteiger partial charge < -0.3 is 19.9 Å². The number of hydrogen-bond acceptors (Lipinski definition) is 4. The molecule has 0 saturated heterocycles. The third-order valence-corrected chi connectivity index (χ3v) is 2.46. The van der Waals surface area contributed by atoms with Crippen molar-refractivity contribution in [3.63, 3.8) is 0 Å². The van der Waals surface area contributed by atoms with Crippen LogP contribution < -0.4 is 14.8 Å².